The predicted octanol–water partition coefficient (Wildman–Crippen LogP) is 0.950. The Morgan fingerprint density at radius 2 is 1.95 bits per heavy atom. The van der Waals surface area contributed by atoms with Gasteiger partial charge in [-0.05, 0) is 19.9 Å². The molecular weight excluding hydrogens is 240 g/mol. The monoisotopic (exact) mass is 264 g/mol. The van der Waals surface area contributed by atoms with Crippen molar-refractivity contribution in [3.63, 3.8) is 0 Å². The van der Waals surface area contributed by atoms with Crippen molar-refractivity contribution < 1.29 is 4.74 Å². The van der Waals surface area contributed by atoms with Crippen molar-refractivity contribution in [1.29, 1.82) is 0 Å². The molecule has 1 aliphatic rings. The van der Waals surface area contributed by atoms with Crippen LogP contribution in [-0.4, -0.2) is 55.3 Å². The summed E-state index contributed by atoms with van der Waals surface area (Å²) < 4.78 is 5.17. The summed E-state index contributed by atoms with van der Waals surface area (Å²) in [6.07, 6.45) is 0. The van der Waals surface area contributed by atoms with E-state index in [1.807, 2.05) is 18.2 Å². The van der Waals surface area contributed by atoms with Crippen LogP contribution >= 0.6 is 0 Å². The van der Waals surface area contributed by atoms with E-state index >= 15 is 0 Å². The largest absolute Gasteiger partial charge is 0.481 e. The molecule has 0 bridgehead atoms. The van der Waals surface area contributed by atoms with Crippen LogP contribution in [0.1, 0.15) is 13.8 Å². The minimum atomic E-state index is 0.0773. The molecule has 0 atom stereocenters. The molecule has 1 saturated heterocycles. The van der Waals surface area contributed by atoms with Crippen molar-refractivity contribution in [2.75, 3.05) is 44.7 Å². The van der Waals surface area contributed by atoms with Crippen LogP contribution in [0.15, 0.2) is 18.2 Å². The Balaban J connectivity index is 1.99. The molecule has 2 rings (SSSR count). The van der Waals surface area contributed by atoms with Crippen molar-refractivity contribution in [1.82, 2.24) is 9.88 Å². The number of pyridine rings is 1. The highest BCUT2D eigenvalue weighted by Crippen LogP contribution is 2.20. The summed E-state index contributed by atoms with van der Waals surface area (Å²) in [5.41, 5.74) is 5.91. The van der Waals surface area contributed by atoms with E-state index in [-0.39, 0.29) is 5.54 Å². The Hall–Kier alpha value is -1.33. The number of methoxy groups -OCH3 is 1. The summed E-state index contributed by atoms with van der Waals surface area (Å²) >= 11 is 0. The number of aromatic nitrogens is 1. The average Bonchev–Trinajstić information content (AvgIpc) is 2.47. The molecule has 2 heterocycles. The Morgan fingerprint density at radius 1 is 1.26 bits per heavy atom. The Bertz CT molecular complexity index is 414. The smallest absolute Gasteiger partial charge is 0.214 e. The molecule has 0 unspecified atom stereocenters. The molecule has 1 aromatic heterocycles. The maximum atomic E-state index is 5.84. The minimum absolute atomic E-state index is 0.0773. The lowest BCUT2D eigenvalue weighted by Crippen LogP contribution is -2.57. The number of nitrogens with two attached hydrogens (primary N) is 1. The second-order valence-corrected chi connectivity index (χ2v) is 5.53. The number of anilines is 1. The summed E-state index contributed by atoms with van der Waals surface area (Å²) in [4.78, 5) is 9.23. The zero-order chi connectivity index (χ0) is 13.9. The third kappa shape index (κ3) is 3.16. The van der Waals surface area contributed by atoms with Gasteiger partial charge in [0.25, 0.3) is 0 Å². The summed E-state index contributed by atoms with van der Waals surface area (Å²) in [6, 6.07) is 5.89. The van der Waals surface area contributed by atoms with Crippen LogP contribution in [-0.2, 0) is 0 Å². The van der Waals surface area contributed by atoms with E-state index in [9.17, 15) is 0 Å². The summed E-state index contributed by atoms with van der Waals surface area (Å²) in [6.45, 7) is 9.07. The van der Waals surface area contributed by atoms with Gasteiger partial charge in [-0.1, -0.05) is 6.07 Å². The third-order valence-electron chi connectivity index (χ3n) is 3.88. The van der Waals surface area contributed by atoms with Gasteiger partial charge >= 0.3 is 0 Å². The van der Waals surface area contributed by atoms with Crippen molar-refractivity contribution in [2.24, 2.45) is 5.73 Å². The number of piperazine rings is 1. The van der Waals surface area contributed by atoms with E-state index in [2.05, 4.69) is 28.6 Å². The molecule has 0 aromatic carbocycles. The first-order valence-corrected chi connectivity index (χ1v) is 6.78. The molecule has 1 aliphatic heterocycles. The normalized spacial score (nSPS) is 17.6. The molecule has 0 spiro atoms. The number of ether oxygens (including phenoxy) is 1. The fourth-order valence-electron chi connectivity index (χ4n) is 2.36. The molecule has 5 nitrogen and oxygen atoms in total. The van der Waals surface area contributed by atoms with Crippen molar-refractivity contribution in [3.05, 3.63) is 18.2 Å². The maximum Gasteiger partial charge on any atom is 0.214 e. The van der Waals surface area contributed by atoms with Crippen LogP contribution < -0.4 is 15.4 Å². The van der Waals surface area contributed by atoms with E-state index in [1.165, 1.54) is 0 Å². The van der Waals surface area contributed by atoms with Gasteiger partial charge < -0.3 is 15.4 Å². The Kier molecular flexibility index (Phi) is 4.27. The molecule has 0 amide bonds. The Labute approximate surface area is 115 Å². The zero-order valence-corrected chi connectivity index (χ0v) is 12.1. The number of hydrogen-bond donors (Lipinski definition) is 1. The topological polar surface area (TPSA) is 54.6 Å². The van der Waals surface area contributed by atoms with Gasteiger partial charge in [-0.2, -0.15) is 4.98 Å². The number of rotatable bonds is 4. The predicted molar refractivity (Wildman–Crippen MR) is 77.7 cm³/mol. The van der Waals surface area contributed by atoms with Crippen molar-refractivity contribution in [2.45, 2.75) is 19.4 Å². The molecule has 1 aromatic rings. The minimum Gasteiger partial charge on any atom is -0.481 e. The number of nitrogens with zero attached hydrogens (tertiary/aromatic N) is 3. The molecule has 0 saturated carbocycles. The van der Waals surface area contributed by atoms with Crippen LogP contribution in [0.2, 0.25) is 0 Å². The van der Waals surface area contributed by atoms with E-state index in [0.717, 1.165) is 32.0 Å². The molecule has 0 radical (unpaired) electrons. The summed E-state index contributed by atoms with van der Waals surface area (Å²) in [7, 11) is 1.65. The second kappa shape index (κ2) is 5.75. The SMILES string of the molecule is COc1cccc(N2CCN(C(C)(C)CN)CC2)n1. The highest BCUT2D eigenvalue weighted by molar-refractivity contribution is 5.41. The quantitative estimate of drug-likeness (QED) is 0.877. The number of hydrogen-bond acceptors (Lipinski definition) is 5. The van der Waals surface area contributed by atoms with Crippen molar-refractivity contribution in [3.8, 4) is 5.88 Å². The van der Waals surface area contributed by atoms with Gasteiger partial charge in [0.15, 0.2) is 0 Å². The third-order valence-corrected chi connectivity index (χ3v) is 3.88. The van der Waals surface area contributed by atoms with E-state index < -0.39 is 0 Å². The first kappa shape index (κ1) is 14.1. The van der Waals surface area contributed by atoms with Crippen LogP contribution in [0.25, 0.3) is 0 Å². The van der Waals surface area contributed by atoms with Gasteiger partial charge in [-0.15, -0.1) is 0 Å². The van der Waals surface area contributed by atoms with Crippen LogP contribution in [0.3, 0.4) is 0 Å². The first-order valence-electron chi connectivity index (χ1n) is 6.78. The van der Waals surface area contributed by atoms with Crippen LogP contribution in [0, 0.1) is 0 Å². The molecule has 1 fully saturated rings. The lowest BCUT2D eigenvalue weighted by molar-refractivity contribution is 0.119. The molecule has 0 aliphatic carbocycles. The molecule has 5 heteroatoms. The van der Waals surface area contributed by atoms with Gasteiger partial charge in [0.1, 0.15) is 5.82 Å². The maximum absolute atomic E-state index is 5.84. The molecule has 2 N–H and O–H groups in total. The van der Waals surface area contributed by atoms with Gasteiger partial charge in [0.2, 0.25) is 5.88 Å². The molecule has 19 heavy (non-hydrogen) atoms. The zero-order valence-electron chi connectivity index (χ0n) is 12.1. The highest BCUT2D eigenvalue weighted by atomic mass is 16.5. The average molecular weight is 264 g/mol. The fraction of sp³-hybridized carbons (Fsp3) is 0.643. The summed E-state index contributed by atoms with van der Waals surface area (Å²) in [5, 5.41) is 0. The van der Waals surface area contributed by atoms with Gasteiger partial charge in [0.05, 0.1) is 7.11 Å². The molecule has 106 valence electrons. The lowest BCUT2D eigenvalue weighted by Gasteiger charge is -2.43. The molecular formula is C14H24N4O. The van der Waals surface area contributed by atoms with Crippen molar-refractivity contribution >= 4 is 5.82 Å². The van der Waals surface area contributed by atoms with Gasteiger partial charge in [-0.25, -0.2) is 0 Å². The van der Waals surface area contributed by atoms with E-state index in [0.29, 0.717) is 12.4 Å². The van der Waals surface area contributed by atoms with Crippen LogP contribution in [0.4, 0.5) is 5.82 Å². The lowest BCUT2D eigenvalue weighted by atomic mass is 10.0. The highest BCUT2D eigenvalue weighted by Gasteiger charge is 2.28. The standard InChI is InChI=1S/C14H24N4O/c1-14(2,11-15)18-9-7-17(8-10-18)12-5-4-6-13(16-12)19-3/h4-6H,7-11,15H2,1-3H3. The summed E-state index contributed by atoms with van der Waals surface area (Å²) in [5.74, 6) is 1.66. The van der Waals surface area contributed by atoms with Crippen LogP contribution in [0.5, 0.6) is 5.88 Å². The van der Waals surface area contributed by atoms with Gasteiger partial charge in [-0.3, -0.25) is 4.90 Å². The van der Waals surface area contributed by atoms with E-state index in [4.69, 9.17) is 10.5 Å². The van der Waals surface area contributed by atoms with Gasteiger partial charge in [0, 0.05) is 44.3 Å². The Morgan fingerprint density at radius 3 is 2.53 bits per heavy atom. The second-order valence-electron chi connectivity index (χ2n) is 5.53. The first-order chi connectivity index (χ1) is 9.06. The fourth-order valence-corrected chi connectivity index (χ4v) is 2.36. The van der Waals surface area contributed by atoms with E-state index in [1.54, 1.807) is 7.11 Å².